The topological polar surface area (TPSA) is 55.1 Å². The number of hydrogen-bond acceptors (Lipinski definition) is 2. The average molecular weight is 248 g/mol. The number of carbonyl (C=O) groups is 1. The van der Waals surface area contributed by atoms with Gasteiger partial charge >= 0.3 is 0 Å². The summed E-state index contributed by atoms with van der Waals surface area (Å²) in [6.45, 7) is 4.21. The predicted octanol–water partition coefficient (Wildman–Crippen LogP) is 2.77. The van der Waals surface area contributed by atoms with Crippen LogP contribution in [0.5, 0.6) is 0 Å². The Kier molecular flexibility index (Phi) is 6.44. The van der Waals surface area contributed by atoms with E-state index >= 15 is 0 Å². The summed E-state index contributed by atoms with van der Waals surface area (Å²) in [6, 6.07) is 9.10. The molecule has 1 rings (SSSR count). The van der Waals surface area contributed by atoms with E-state index in [1.54, 1.807) is 0 Å². The van der Waals surface area contributed by atoms with Gasteiger partial charge in [0.1, 0.15) is 6.04 Å². The normalized spacial score (nSPS) is 13.9. The van der Waals surface area contributed by atoms with Crippen LogP contribution in [-0.2, 0) is 4.79 Å². The van der Waals surface area contributed by atoms with Crippen LogP contribution in [-0.4, -0.2) is 11.9 Å². The van der Waals surface area contributed by atoms with E-state index in [-0.39, 0.29) is 11.9 Å². The molecule has 3 nitrogen and oxygen atoms in total. The van der Waals surface area contributed by atoms with Gasteiger partial charge < -0.3 is 11.1 Å². The summed E-state index contributed by atoms with van der Waals surface area (Å²) in [5, 5.41) is 2.97. The summed E-state index contributed by atoms with van der Waals surface area (Å²) in [7, 11) is 0. The van der Waals surface area contributed by atoms with Crippen molar-refractivity contribution < 1.29 is 4.79 Å². The van der Waals surface area contributed by atoms with E-state index in [1.165, 1.54) is 12.8 Å². The molecule has 0 aromatic heterocycles. The molecule has 1 amide bonds. The lowest BCUT2D eigenvalue weighted by Gasteiger charge is -2.17. The van der Waals surface area contributed by atoms with Crippen LogP contribution in [0.15, 0.2) is 30.3 Å². The maximum Gasteiger partial charge on any atom is 0.241 e. The second kappa shape index (κ2) is 7.88. The minimum absolute atomic E-state index is 0.0924. The minimum Gasteiger partial charge on any atom is -0.352 e. The standard InChI is InChI=1S/C15H24N2O/c1-3-4-6-9-12(2)17-15(18)14(16)13-10-7-5-8-11-13/h5,7-8,10-12,14H,3-4,6,9,16H2,1-2H3,(H,17,18)/t12?,14-/m1/s1. The summed E-state index contributed by atoms with van der Waals surface area (Å²) >= 11 is 0. The molecule has 100 valence electrons. The SMILES string of the molecule is CCCCCC(C)NC(=O)[C@H](N)c1ccccc1. The van der Waals surface area contributed by atoms with Crippen LogP contribution < -0.4 is 11.1 Å². The van der Waals surface area contributed by atoms with E-state index < -0.39 is 6.04 Å². The number of carbonyl (C=O) groups excluding carboxylic acids is 1. The van der Waals surface area contributed by atoms with Gasteiger partial charge in [0.25, 0.3) is 0 Å². The fourth-order valence-corrected chi connectivity index (χ4v) is 1.92. The van der Waals surface area contributed by atoms with Gasteiger partial charge in [0.15, 0.2) is 0 Å². The van der Waals surface area contributed by atoms with Gasteiger partial charge in [0.2, 0.25) is 5.91 Å². The van der Waals surface area contributed by atoms with Crippen LogP contribution in [0.4, 0.5) is 0 Å². The monoisotopic (exact) mass is 248 g/mol. The van der Waals surface area contributed by atoms with Crippen molar-refractivity contribution >= 4 is 5.91 Å². The predicted molar refractivity (Wildman–Crippen MR) is 75.1 cm³/mol. The van der Waals surface area contributed by atoms with Crippen LogP contribution >= 0.6 is 0 Å². The molecule has 1 unspecified atom stereocenters. The molecule has 0 heterocycles. The molecular weight excluding hydrogens is 224 g/mol. The molecule has 2 atom stereocenters. The van der Waals surface area contributed by atoms with Gasteiger partial charge in [-0.2, -0.15) is 0 Å². The van der Waals surface area contributed by atoms with E-state index in [1.807, 2.05) is 37.3 Å². The second-order valence-electron chi connectivity index (χ2n) is 4.79. The van der Waals surface area contributed by atoms with Crippen molar-refractivity contribution in [2.75, 3.05) is 0 Å². The van der Waals surface area contributed by atoms with Gasteiger partial charge in [-0.05, 0) is 18.9 Å². The molecule has 0 spiro atoms. The quantitative estimate of drug-likeness (QED) is 0.729. The Morgan fingerprint density at radius 1 is 1.28 bits per heavy atom. The Morgan fingerprint density at radius 3 is 2.56 bits per heavy atom. The zero-order valence-corrected chi connectivity index (χ0v) is 11.4. The third-order valence-electron chi connectivity index (χ3n) is 3.07. The van der Waals surface area contributed by atoms with Crippen molar-refractivity contribution in [1.29, 1.82) is 0 Å². The lowest BCUT2D eigenvalue weighted by molar-refractivity contribution is -0.123. The molecule has 0 bridgehead atoms. The number of nitrogens with one attached hydrogen (secondary N) is 1. The third kappa shape index (κ3) is 4.88. The van der Waals surface area contributed by atoms with Gasteiger partial charge in [-0.3, -0.25) is 4.79 Å². The van der Waals surface area contributed by atoms with Crippen molar-refractivity contribution in [2.24, 2.45) is 5.73 Å². The molecule has 1 aromatic rings. The molecular formula is C15H24N2O. The van der Waals surface area contributed by atoms with E-state index in [9.17, 15) is 4.79 Å². The fourth-order valence-electron chi connectivity index (χ4n) is 1.92. The van der Waals surface area contributed by atoms with Gasteiger partial charge in [-0.1, -0.05) is 56.5 Å². The number of hydrogen-bond donors (Lipinski definition) is 2. The summed E-state index contributed by atoms with van der Waals surface area (Å²) < 4.78 is 0. The Bertz CT molecular complexity index is 351. The first-order valence-corrected chi connectivity index (χ1v) is 6.76. The molecule has 3 N–H and O–H groups in total. The summed E-state index contributed by atoms with van der Waals surface area (Å²) in [4.78, 5) is 12.0. The van der Waals surface area contributed by atoms with E-state index in [0.717, 1.165) is 18.4 Å². The number of amides is 1. The third-order valence-corrected chi connectivity index (χ3v) is 3.07. The molecule has 0 saturated carbocycles. The van der Waals surface area contributed by atoms with Gasteiger partial charge in [0, 0.05) is 6.04 Å². The molecule has 18 heavy (non-hydrogen) atoms. The summed E-state index contributed by atoms with van der Waals surface area (Å²) in [6.07, 6.45) is 4.58. The van der Waals surface area contributed by atoms with Crippen LogP contribution in [0.2, 0.25) is 0 Å². The lowest BCUT2D eigenvalue weighted by Crippen LogP contribution is -2.39. The van der Waals surface area contributed by atoms with Crippen molar-refractivity contribution in [2.45, 2.75) is 51.6 Å². The highest BCUT2D eigenvalue weighted by Gasteiger charge is 2.16. The van der Waals surface area contributed by atoms with Gasteiger partial charge in [0.05, 0.1) is 0 Å². The molecule has 0 aliphatic carbocycles. The zero-order valence-electron chi connectivity index (χ0n) is 11.4. The Balaban J connectivity index is 2.40. The Labute approximate surface area is 110 Å². The summed E-state index contributed by atoms with van der Waals surface area (Å²) in [5.74, 6) is -0.0924. The van der Waals surface area contributed by atoms with Crippen molar-refractivity contribution in [3.05, 3.63) is 35.9 Å². The number of benzene rings is 1. The molecule has 0 radical (unpaired) electrons. The highest BCUT2D eigenvalue weighted by atomic mass is 16.2. The highest BCUT2D eigenvalue weighted by molar-refractivity contribution is 5.83. The van der Waals surface area contributed by atoms with Crippen molar-refractivity contribution in [3.63, 3.8) is 0 Å². The number of nitrogens with two attached hydrogens (primary N) is 1. The molecule has 3 heteroatoms. The maximum atomic E-state index is 12.0. The Hall–Kier alpha value is -1.35. The Morgan fingerprint density at radius 2 is 1.94 bits per heavy atom. The van der Waals surface area contributed by atoms with Gasteiger partial charge in [-0.25, -0.2) is 0 Å². The van der Waals surface area contributed by atoms with Crippen LogP contribution in [0, 0.1) is 0 Å². The average Bonchev–Trinajstić information content (AvgIpc) is 2.39. The first kappa shape index (κ1) is 14.7. The largest absolute Gasteiger partial charge is 0.352 e. The first-order chi connectivity index (χ1) is 8.65. The zero-order chi connectivity index (χ0) is 13.4. The van der Waals surface area contributed by atoms with Crippen LogP contribution in [0.3, 0.4) is 0 Å². The lowest BCUT2D eigenvalue weighted by atomic mass is 10.1. The van der Waals surface area contributed by atoms with Crippen LogP contribution in [0.1, 0.15) is 51.1 Å². The van der Waals surface area contributed by atoms with E-state index in [4.69, 9.17) is 5.73 Å². The minimum atomic E-state index is -0.570. The summed E-state index contributed by atoms with van der Waals surface area (Å²) in [5.41, 5.74) is 6.79. The molecule has 1 aromatic carbocycles. The molecule has 0 fully saturated rings. The van der Waals surface area contributed by atoms with Crippen molar-refractivity contribution in [3.8, 4) is 0 Å². The van der Waals surface area contributed by atoms with Crippen molar-refractivity contribution in [1.82, 2.24) is 5.32 Å². The van der Waals surface area contributed by atoms with E-state index in [2.05, 4.69) is 12.2 Å². The maximum absolute atomic E-state index is 12.0. The molecule has 0 saturated heterocycles. The van der Waals surface area contributed by atoms with Gasteiger partial charge in [-0.15, -0.1) is 0 Å². The second-order valence-corrected chi connectivity index (χ2v) is 4.79. The van der Waals surface area contributed by atoms with E-state index in [0.29, 0.717) is 0 Å². The molecule has 0 aliphatic rings. The fraction of sp³-hybridized carbons (Fsp3) is 0.533. The first-order valence-electron chi connectivity index (χ1n) is 6.76. The number of unbranched alkanes of at least 4 members (excludes halogenated alkanes) is 2. The highest BCUT2D eigenvalue weighted by Crippen LogP contribution is 2.10. The molecule has 0 aliphatic heterocycles. The van der Waals surface area contributed by atoms with Crippen LogP contribution in [0.25, 0.3) is 0 Å². The smallest absolute Gasteiger partial charge is 0.241 e. The number of rotatable bonds is 7.